The number of carboxylic acid groups (broad SMARTS) is 1. The molecular formula is C19H29NO2. The monoisotopic (exact) mass is 303 g/mol. The van der Waals surface area contributed by atoms with Gasteiger partial charge in [0.2, 0.25) is 0 Å². The number of fused-ring (bicyclic) bond motifs is 5. The van der Waals surface area contributed by atoms with Crippen LogP contribution in [0.25, 0.3) is 0 Å². The SMILES string of the molecule is C[C@]12CCCCC1=CC[C@H]1[C@@H]3CC[C@H](C(=O)O)[C@@]3(N)CC[C@@H]12. The van der Waals surface area contributed by atoms with Crippen molar-refractivity contribution in [3.63, 3.8) is 0 Å². The van der Waals surface area contributed by atoms with Crippen LogP contribution in [0.4, 0.5) is 0 Å². The highest BCUT2D eigenvalue weighted by Crippen LogP contribution is 2.62. The van der Waals surface area contributed by atoms with Crippen LogP contribution < -0.4 is 5.73 Å². The maximum atomic E-state index is 11.6. The standard InChI is InChI=1S/C19H29NO2/c1-18-10-3-2-4-12(18)5-6-13-14(18)9-11-19(20)15(13)7-8-16(19)17(21)22/h5,13-16H,2-4,6-11,20H2,1H3,(H,21,22)/t13-,14+,15+,16-,18+,19-/m1/s1. The molecule has 3 fully saturated rings. The first-order valence-electron chi connectivity index (χ1n) is 9.18. The lowest BCUT2D eigenvalue weighted by Gasteiger charge is -2.57. The molecule has 0 spiro atoms. The Bertz CT molecular complexity index is 528. The first-order chi connectivity index (χ1) is 10.5. The van der Waals surface area contributed by atoms with E-state index < -0.39 is 11.5 Å². The minimum Gasteiger partial charge on any atom is -0.481 e. The molecule has 0 aromatic heterocycles. The van der Waals surface area contributed by atoms with Crippen LogP contribution in [0.2, 0.25) is 0 Å². The Hall–Kier alpha value is -0.830. The number of aliphatic carboxylic acids is 1. The summed E-state index contributed by atoms with van der Waals surface area (Å²) in [7, 11) is 0. The third-order valence-electron chi connectivity index (χ3n) is 7.91. The van der Waals surface area contributed by atoms with Crippen molar-refractivity contribution in [2.75, 3.05) is 0 Å². The largest absolute Gasteiger partial charge is 0.481 e. The highest BCUT2D eigenvalue weighted by atomic mass is 16.4. The molecule has 3 nitrogen and oxygen atoms in total. The molecule has 0 bridgehead atoms. The smallest absolute Gasteiger partial charge is 0.308 e. The van der Waals surface area contributed by atoms with Gasteiger partial charge in [0, 0.05) is 5.54 Å². The van der Waals surface area contributed by atoms with Crippen LogP contribution in [0.15, 0.2) is 11.6 Å². The van der Waals surface area contributed by atoms with Crippen LogP contribution in [0.1, 0.15) is 64.7 Å². The zero-order valence-electron chi connectivity index (χ0n) is 13.7. The Morgan fingerprint density at radius 2 is 2.05 bits per heavy atom. The molecule has 0 heterocycles. The molecule has 0 aliphatic heterocycles. The Morgan fingerprint density at radius 3 is 2.82 bits per heavy atom. The Balaban J connectivity index is 1.68. The number of hydrogen-bond acceptors (Lipinski definition) is 2. The number of carbonyl (C=O) groups is 1. The highest BCUT2D eigenvalue weighted by Gasteiger charge is 2.60. The van der Waals surface area contributed by atoms with Crippen molar-refractivity contribution in [3.05, 3.63) is 11.6 Å². The molecule has 4 aliphatic rings. The summed E-state index contributed by atoms with van der Waals surface area (Å²) in [5, 5.41) is 9.56. The molecule has 0 radical (unpaired) electrons. The van der Waals surface area contributed by atoms with Gasteiger partial charge >= 0.3 is 5.97 Å². The summed E-state index contributed by atoms with van der Waals surface area (Å²) in [5.74, 6) is 0.795. The minimum atomic E-state index is -0.667. The van der Waals surface area contributed by atoms with Crippen LogP contribution in [-0.4, -0.2) is 16.6 Å². The minimum absolute atomic E-state index is 0.317. The van der Waals surface area contributed by atoms with E-state index in [1.165, 1.54) is 25.7 Å². The van der Waals surface area contributed by atoms with Crippen LogP contribution in [0.3, 0.4) is 0 Å². The highest BCUT2D eigenvalue weighted by molar-refractivity contribution is 5.72. The van der Waals surface area contributed by atoms with Crippen molar-refractivity contribution in [2.45, 2.75) is 70.3 Å². The lowest BCUT2D eigenvalue weighted by molar-refractivity contribution is -0.145. The summed E-state index contributed by atoms with van der Waals surface area (Å²) in [5.41, 5.74) is 8.37. The third-order valence-corrected chi connectivity index (χ3v) is 7.91. The van der Waals surface area contributed by atoms with E-state index in [-0.39, 0.29) is 5.92 Å². The van der Waals surface area contributed by atoms with Crippen molar-refractivity contribution >= 4 is 5.97 Å². The molecule has 0 amide bonds. The van der Waals surface area contributed by atoms with Gasteiger partial charge in [0.25, 0.3) is 0 Å². The second-order valence-corrected chi connectivity index (χ2v) is 8.59. The summed E-state index contributed by atoms with van der Waals surface area (Å²) in [4.78, 5) is 11.6. The quantitative estimate of drug-likeness (QED) is 0.725. The second kappa shape index (κ2) is 4.83. The molecule has 22 heavy (non-hydrogen) atoms. The third kappa shape index (κ3) is 1.81. The molecule has 4 rings (SSSR count). The Labute approximate surface area is 133 Å². The molecule has 122 valence electrons. The second-order valence-electron chi connectivity index (χ2n) is 8.59. The van der Waals surface area contributed by atoms with E-state index in [2.05, 4.69) is 13.0 Å². The first kappa shape index (κ1) is 14.7. The van der Waals surface area contributed by atoms with Gasteiger partial charge in [-0.1, -0.05) is 25.0 Å². The number of nitrogens with two attached hydrogens (primary N) is 1. The summed E-state index contributed by atoms with van der Waals surface area (Å²) in [6.07, 6.45) is 12.8. The molecule has 6 atom stereocenters. The molecule has 0 aromatic rings. The number of rotatable bonds is 1. The number of allylic oxidation sites excluding steroid dienone is 2. The Kier molecular flexibility index (Phi) is 3.24. The molecule has 0 unspecified atom stereocenters. The topological polar surface area (TPSA) is 63.3 Å². The van der Waals surface area contributed by atoms with Gasteiger partial charge in [0.05, 0.1) is 5.92 Å². The van der Waals surface area contributed by atoms with Gasteiger partial charge < -0.3 is 10.8 Å². The van der Waals surface area contributed by atoms with E-state index in [1.54, 1.807) is 5.57 Å². The van der Waals surface area contributed by atoms with Gasteiger partial charge in [0.15, 0.2) is 0 Å². The molecule has 4 aliphatic carbocycles. The lowest BCUT2D eigenvalue weighted by atomic mass is 9.49. The van der Waals surface area contributed by atoms with E-state index in [0.29, 0.717) is 17.3 Å². The van der Waals surface area contributed by atoms with Crippen molar-refractivity contribution in [2.24, 2.45) is 34.8 Å². The van der Waals surface area contributed by atoms with Crippen LogP contribution >= 0.6 is 0 Å². The summed E-state index contributed by atoms with van der Waals surface area (Å²) < 4.78 is 0. The van der Waals surface area contributed by atoms with E-state index in [9.17, 15) is 9.90 Å². The maximum Gasteiger partial charge on any atom is 0.308 e. The van der Waals surface area contributed by atoms with Crippen molar-refractivity contribution in [1.29, 1.82) is 0 Å². The van der Waals surface area contributed by atoms with E-state index in [0.717, 1.165) is 38.0 Å². The molecule has 3 N–H and O–H groups in total. The van der Waals surface area contributed by atoms with E-state index in [4.69, 9.17) is 5.73 Å². The normalized spacial score (nSPS) is 50.5. The van der Waals surface area contributed by atoms with Crippen LogP contribution in [0.5, 0.6) is 0 Å². The summed E-state index contributed by atoms with van der Waals surface area (Å²) in [6.45, 7) is 2.49. The van der Waals surface area contributed by atoms with E-state index >= 15 is 0 Å². The number of carboxylic acids is 1. The van der Waals surface area contributed by atoms with E-state index in [1.807, 2.05) is 0 Å². The van der Waals surface area contributed by atoms with Gasteiger partial charge in [-0.3, -0.25) is 4.79 Å². The Morgan fingerprint density at radius 1 is 1.23 bits per heavy atom. The zero-order chi connectivity index (χ0) is 15.5. The predicted octanol–water partition coefficient (Wildman–Crippen LogP) is 3.73. The predicted molar refractivity (Wildman–Crippen MR) is 86.3 cm³/mol. The average Bonchev–Trinajstić information content (AvgIpc) is 2.84. The fourth-order valence-electron chi connectivity index (χ4n) is 6.78. The van der Waals surface area contributed by atoms with Crippen LogP contribution in [-0.2, 0) is 4.79 Å². The van der Waals surface area contributed by atoms with Gasteiger partial charge in [-0.2, -0.15) is 0 Å². The van der Waals surface area contributed by atoms with Gasteiger partial charge in [-0.25, -0.2) is 0 Å². The summed E-state index contributed by atoms with van der Waals surface area (Å²) in [6, 6.07) is 0. The van der Waals surface area contributed by atoms with Crippen molar-refractivity contribution in [3.8, 4) is 0 Å². The zero-order valence-corrected chi connectivity index (χ0v) is 13.7. The molecule has 0 saturated heterocycles. The molecule has 3 heteroatoms. The summed E-state index contributed by atoms with van der Waals surface area (Å²) >= 11 is 0. The fourth-order valence-corrected chi connectivity index (χ4v) is 6.78. The average molecular weight is 303 g/mol. The molecular weight excluding hydrogens is 274 g/mol. The van der Waals surface area contributed by atoms with Crippen molar-refractivity contribution in [1.82, 2.24) is 0 Å². The van der Waals surface area contributed by atoms with Gasteiger partial charge in [-0.15, -0.1) is 0 Å². The molecule has 3 saturated carbocycles. The first-order valence-corrected chi connectivity index (χ1v) is 9.18. The maximum absolute atomic E-state index is 11.6. The van der Waals surface area contributed by atoms with Crippen molar-refractivity contribution < 1.29 is 9.90 Å². The van der Waals surface area contributed by atoms with Gasteiger partial charge in [0.1, 0.15) is 0 Å². The lowest BCUT2D eigenvalue weighted by Crippen LogP contribution is -2.59. The fraction of sp³-hybridized carbons (Fsp3) is 0.842. The van der Waals surface area contributed by atoms with Crippen LogP contribution in [0, 0.1) is 29.1 Å². The van der Waals surface area contributed by atoms with Gasteiger partial charge in [-0.05, 0) is 74.5 Å². The molecule has 0 aromatic carbocycles. The number of hydrogen-bond donors (Lipinski definition) is 2.